The maximum atomic E-state index is 10.6. The lowest BCUT2D eigenvalue weighted by atomic mass is 9.89. The van der Waals surface area contributed by atoms with Crippen molar-refractivity contribution in [3.05, 3.63) is 84.5 Å². The first-order valence-corrected chi connectivity index (χ1v) is 12.2. The fourth-order valence-electron chi connectivity index (χ4n) is 4.61. The van der Waals surface area contributed by atoms with Gasteiger partial charge in [0.05, 0.1) is 18.3 Å². The first kappa shape index (κ1) is 25.9. The van der Waals surface area contributed by atoms with Crippen molar-refractivity contribution in [2.24, 2.45) is 11.8 Å². The molecule has 5 nitrogen and oxygen atoms in total. The summed E-state index contributed by atoms with van der Waals surface area (Å²) in [4.78, 5) is 10.6. The molecule has 4 N–H and O–H groups in total. The molecule has 2 aromatic rings. The molecule has 0 aromatic heterocycles. The fourth-order valence-corrected chi connectivity index (χ4v) is 4.61. The van der Waals surface area contributed by atoms with Crippen LogP contribution in [0.25, 0.3) is 11.1 Å². The van der Waals surface area contributed by atoms with Crippen molar-refractivity contribution in [1.29, 1.82) is 0 Å². The summed E-state index contributed by atoms with van der Waals surface area (Å²) < 4.78 is 0. The van der Waals surface area contributed by atoms with E-state index in [1.165, 1.54) is 11.1 Å². The molecule has 0 spiro atoms. The molecule has 1 aliphatic carbocycles. The second kappa shape index (κ2) is 13.2. The van der Waals surface area contributed by atoms with Gasteiger partial charge in [-0.15, -0.1) is 0 Å². The van der Waals surface area contributed by atoms with Gasteiger partial charge in [0.25, 0.3) is 0 Å². The molecule has 0 bridgehead atoms. The van der Waals surface area contributed by atoms with Crippen LogP contribution < -0.4 is 0 Å². The monoisotopic (exact) mass is 464 g/mol. The van der Waals surface area contributed by atoms with E-state index in [-0.39, 0.29) is 18.3 Å². The number of aryl methyl sites for hydroxylation is 1. The van der Waals surface area contributed by atoms with Gasteiger partial charge in [-0.25, -0.2) is 0 Å². The topological polar surface area (TPSA) is 98.0 Å². The van der Waals surface area contributed by atoms with E-state index in [4.69, 9.17) is 5.11 Å². The Labute approximate surface area is 202 Å². The van der Waals surface area contributed by atoms with Crippen molar-refractivity contribution >= 4 is 5.97 Å². The number of aliphatic carboxylic acids is 1. The number of benzene rings is 2. The lowest BCUT2D eigenvalue weighted by Gasteiger charge is -2.19. The molecule has 1 aliphatic rings. The standard InChI is InChI=1S/C29H36O5/c30-24(17-14-21-12-15-23(16-13-21)22-8-4-3-5-9-22)18-19-26-25(27(31)20-28(26)32)10-6-1-2-7-11-29(33)34/h1,3-6,8-9,12-13,15-16,18-19,24-28,30-32H,2,7,10-11,14,17,20H2,(H,33,34)/b6-1-,19-18+/t24-,25-,26-,27+,28-/m1/s1. The summed E-state index contributed by atoms with van der Waals surface area (Å²) in [6, 6.07) is 18.6. The summed E-state index contributed by atoms with van der Waals surface area (Å²) in [6.45, 7) is 0. The molecule has 1 fully saturated rings. The molecule has 0 saturated heterocycles. The zero-order valence-corrected chi connectivity index (χ0v) is 19.5. The Bertz CT molecular complexity index is 935. The van der Waals surface area contributed by atoms with Gasteiger partial charge in [0.1, 0.15) is 0 Å². The molecular formula is C29H36O5. The number of carbonyl (C=O) groups is 1. The van der Waals surface area contributed by atoms with Crippen LogP contribution in [0.4, 0.5) is 0 Å². The Morgan fingerprint density at radius 1 is 0.971 bits per heavy atom. The van der Waals surface area contributed by atoms with Gasteiger partial charge in [-0.3, -0.25) is 4.79 Å². The third-order valence-corrected chi connectivity index (χ3v) is 6.60. The SMILES string of the molecule is O=C(O)CCC/C=C\C[C@@H]1[C@@H](/C=C/[C@H](O)CCc2ccc(-c3ccccc3)cc2)[C@H](O)C[C@@H]1O. The number of hydrogen-bond donors (Lipinski definition) is 4. The number of aliphatic hydroxyl groups is 3. The maximum absolute atomic E-state index is 10.6. The number of unbranched alkanes of at least 4 members (excludes halogenated alkanes) is 1. The van der Waals surface area contributed by atoms with Crippen LogP contribution >= 0.6 is 0 Å². The van der Waals surface area contributed by atoms with Crippen LogP contribution in [0.5, 0.6) is 0 Å². The molecule has 0 amide bonds. The summed E-state index contributed by atoms with van der Waals surface area (Å²) in [6.07, 6.45) is 9.36. The Hall–Kier alpha value is -2.73. The Kier molecular flexibility index (Phi) is 10.1. The number of aliphatic hydroxyl groups excluding tert-OH is 3. The first-order valence-electron chi connectivity index (χ1n) is 12.2. The van der Waals surface area contributed by atoms with E-state index in [0.29, 0.717) is 32.1 Å². The summed E-state index contributed by atoms with van der Waals surface area (Å²) >= 11 is 0. The van der Waals surface area contributed by atoms with Gasteiger partial charge >= 0.3 is 5.97 Å². The van der Waals surface area contributed by atoms with Gasteiger partial charge in [0.2, 0.25) is 0 Å². The minimum atomic E-state index is -0.796. The minimum Gasteiger partial charge on any atom is -0.481 e. The van der Waals surface area contributed by atoms with E-state index in [1.807, 2.05) is 36.4 Å². The highest BCUT2D eigenvalue weighted by Gasteiger charge is 2.39. The van der Waals surface area contributed by atoms with Crippen LogP contribution in [0.1, 0.15) is 44.1 Å². The highest BCUT2D eigenvalue weighted by atomic mass is 16.4. The average molecular weight is 465 g/mol. The zero-order valence-electron chi connectivity index (χ0n) is 19.5. The van der Waals surface area contributed by atoms with Crippen LogP contribution in [0.3, 0.4) is 0 Å². The van der Waals surface area contributed by atoms with Gasteiger partial charge in [-0.1, -0.05) is 78.9 Å². The largest absolute Gasteiger partial charge is 0.481 e. The molecule has 182 valence electrons. The maximum Gasteiger partial charge on any atom is 0.303 e. The molecule has 5 atom stereocenters. The lowest BCUT2D eigenvalue weighted by molar-refractivity contribution is -0.137. The van der Waals surface area contributed by atoms with Crippen LogP contribution in [0, 0.1) is 11.8 Å². The fraction of sp³-hybridized carbons (Fsp3) is 0.414. The van der Waals surface area contributed by atoms with Crippen LogP contribution in [-0.2, 0) is 11.2 Å². The van der Waals surface area contributed by atoms with Crippen molar-refractivity contribution in [3.63, 3.8) is 0 Å². The normalized spacial score (nSPS) is 23.6. The van der Waals surface area contributed by atoms with Crippen molar-refractivity contribution in [3.8, 4) is 11.1 Å². The highest BCUT2D eigenvalue weighted by molar-refractivity contribution is 5.66. The van der Waals surface area contributed by atoms with E-state index < -0.39 is 24.3 Å². The first-order chi connectivity index (χ1) is 16.4. The number of allylic oxidation sites excluding steroid dienone is 2. The molecule has 3 rings (SSSR count). The number of hydrogen-bond acceptors (Lipinski definition) is 4. The molecule has 0 heterocycles. The quantitative estimate of drug-likeness (QED) is 0.268. The average Bonchev–Trinajstić information content (AvgIpc) is 3.11. The summed E-state index contributed by atoms with van der Waals surface area (Å²) in [7, 11) is 0. The van der Waals surface area contributed by atoms with E-state index in [1.54, 1.807) is 6.08 Å². The molecule has 0 aliphatic heterocycles. The van der Waals surface area contributed by atoms with E-state index in [2.05, 4.69) is 36.4 Å². The van der Waals surface area contributed by atoms with Gasteiger partial charge in [-0.05, 0) is 54.7 Å². The molecule has 5 heteroatoms. The zero-order chi connectivity index (χ0) is 24.3. The summed E-state index contributed by atoms with van der Waals surface area (Å²) in [5.41, 5.74) is 3.51. The molecule has 1 saturated carbocycles. The van der Waals surface area contributed by atoms with Gasteiger partial charge < -0.3 is 20.4 Å². The van der Waals surface area contributed by atoms with Crippen LogP contribution in [0.15, 0.2) is 78.9 Å². The summed E-state index contributed by atoms with van der Waals surface area (Å²) in [5.74, 6) is -1.12. The summed E-state index contributed by atoms with van der Waals surface area (Å²) in [5, 5.41) is 39.9. The molecular weight excluding hydrogens is 428 g/mol. The lowest BCUT2D eigenvalue weighted by Crippen LogP contribution is -2.20. The molecule has 2 aromatic carbocycles. The molecule has 34 heavy (non-hydrogen) atoms. The van der Waals surface area contributed by atoms with Crippen molar-refractivity contribution in [2.45, 2.75) is 63.3 Å². The van der Waals surface area contributed by atoms with Crippen LogP contribution in [-0.4, -0.2) is 44.7 Å². The third kappa shape index (κ3) is 7.94. The second-order valence-corrected chi connectivity index (χ2v) is 9.16. The Balaban J connectivity index is 1.47. The van der Waals surface area contributed by atoms with Crippen molar-refractivity contribution in [1.82, 2.24) is 0 Å². The minimum absolute atomic E-state index is 0.111. The predicted molar refractivity (Wildman–Crippen MR) is 134 cm³/mol. The molecule has 0 radical (unpaired) electrons. The number of rotatable bonds is 12. The van der Waals surface area contributed by atoms with Gasteiger partial charge in [0, 0.05) is 18.8 Å². The van der Waals surface area contributed by atoms with Gasteiger partial charge in [-0.2, -0.15) is 0 Å². The Morgan fingerprint density at radius 2 is 1.68 bits per heavy atom. The van der Waals surface area contributed by atoms with Crippen molar-refractivity contribution in [2.75, 3.05) is 0 Å². The van der Waals surface area contributed by atoms with Crippen molar-refractivity contribution < 1.29 is 25.2 Å². The third-order valence-electron chi connectivity index (χ3n) is 6.60. The number of carboxylic acids is 1. The van der Waals surface area contributed by atoms with E-state index in [0.717, 1.165) is 12.0 Å². The van der Waals surface area contributed by atoms with E-state index in [9.17, 15) is 20.1 Å². The smallest absolute Gasteiger partial charge is 0.303 e. The van der Waals surface area contributed by atoms with Gasteiger partial charge in [0.15, 0.2) is 0 Å². The van der Waals surface area contributed by atoms with Crippen LogP contribution in [0.2, 0.25) is 0 Å². The highest BCUT2D eigenvalue weighted by Crippen LogP contribution is 2.36. The predicted octanol–water partition coefficient (Wildman–Crippen LogP) is 4.76. The molecule has 0 unspecified atom stereocenters. The second-order valence-electron chi connectivity index (χ2n) is 9.16. The Morgan fingerprint density at radius 3 is 2.38 bits per heavy atom. The van der Waals surface area contributed by atoms with E-state index >= 15 is 0 Å². The number of carboxylic acid groups (broad SMARTS) is 1.